The number of rotatable bonds is 5. The Labute approximate surface area is 149 Å². The monoisotopic (exact) mass is 358 g/mol. The maximum absolute atomic E-state index is 12.4. The maximum Gasteiger partial charge on any atom is 0.311 e. The van der Waals surface area contributed by atoms with Gasteiger partial charge in [-0.1, -0.05) is 6.07 Å². The Hall–Kier alpha value is -3.29. The highest BCUT2D eigenvalue weighted by Gasteiger charge is 2.22. The van der Waals surface area contributed by atoms with E-state index in [0.29, 0.717) is 25.3 Å². The minimum Gasteiger partial charge on any atom is -0.508 e. The molecule has 0 radical (unpaired) electrons. The molecule has 26 heavy (non-hydrogen) atoms. The second-order valence-electron chi connectivity index (χ2n) is 5.90. The summed E-state index contributed by atoms with van der Waals surface area (Å²) in [5.74, 6) is 0.363. The van der Waals surface area contributed by atoms with E-state index in [1.165, 1.54) is 25.3 Å². The minimum absolute atomic E-state index is 0.0716. The van der Waals surface area contributed by atoms with Gasteiger partial charge in [-0.2, -0.15) is 0 Å². The lowest BCUT2D eigenvalue weighted by Crippen LogP contribution is -2.38. The van der Waals surface area contributed by atoms with Gasteiger partial charge in [-0.3, -0.25) is 14.9 Å². The van der Waals surface area contributed by atoms with Crippen molar-refractivity contribution in [1.29, 1.82) is 0 Å². The number of methoxy groups -OCH3 is 1. The van der Waals surface area contributed by atoms with Crippen LogP contribution >= 0.6 is 0 Å². The van der Waals surface area contributed by atoms with Crippen molar-refractivity contribution in [2.75, 3.05) is 20.3 Å². The van der Waals surface area contributed by atoms with E-state index in [2.05, 4.69) is 0 Å². The van der Waals surface area contributed by atoms with Crippen molar-refractivity contribution in [1.82, 2.24) is 4.90 Å². The van der Waals surface area contributed by atoms with E-state index in [0.717, 1.165) is 11.1 Å². The zero-order chi connectivity index (χ0) is 18.7. The number of fused-ring (bicyclic) bond motifs is 1. The molecule has 2 aromatic rings. The first-order valence-corrected chi connectivity index (χ1v) is 8.01. The molecule has 2 aromatic carbocycles. The Balaban J connectivity index is 1.63. The van der Waals surface area contributed by atoms with E-state index in [4.69, 9.17) is 9.47 Å². The van der Waals surface area contributed by atoms with Gasteiger partial charge in [0, 0.05) is 25.2 Å². The predicted molar refractivity (Wildman–Crippen MR) is 92.4 cm³/mol. The lowest BCUT2D eigenvalue weighted by atomic mass is 9.99. The highest BCUT2D eigenvalue weighted by molar-refractivity contribution is 5.78. The molecule has 0 aliphatic carbocycles. The molecule has 1 N–H and O–H groups in total. The highest BCUT2D eigenvalue weighted by atomic mass is 16.6. The molecule has 136 valence electrons. The van der Waals surface area contributed by atoms with Crippen LogP contribution in [0, 0.1) is 10.1 Å². The summed E-state index contributed by atoms with van der Waals surface area (Å²) in [5, 5.41) is 20.5. The number of phenols is 1. The van der Waals surface area contributed by atoms with Crippen LogP contribution < -0.4 is 9.47 Å². The number of carbonyl (C=O) groups excluding carboxylic acids is 1. The molecule has 0 atom stereocenters. The fourth-order valence-corrected chi connectivity index (χ4v) is 2.89. The van der Waals surface area contributed by atoms with Crippen LogP contribution in [0.15, 0.2) is 36.4 Å². The fourth-order valence-electron chi connectivity index (χ4n) is 2.89. The average molecular weight is 358 g/mol. The quantitative estimate of drug-likeness (QED) is 0.650. The Bertz CT molecular complexity index is 852. The van der Waals surface area contributed by atoms with Gasteiger partial charge in [-0.25, -0.2) is 0 Å². The molecule has 0 bridgehead atoms. The summed E-state index contributed by atoms with van der Waals surface area (Å²) in [6.07, 6.45) is 0.715. The van der Waals surface area contributed by atoms with Crippen molar-refractivity contribution in [3.8, 4) is 17.2 Å². The van der Waals surface area contributed by atoms with Gasteiger partial charge >= 0.3 is 5.69 Å². The third kappa shape index (κ3) is 3.69. The van der Waals surface area contributed by atoms with E-state index in [1.54, 1.807) is 17.0 Å². The molecule has 0 unspecified atom stereocenters. The third-order valence-corrected chi connectivity index (χ3v) is 4.27. The van der Waals surface area contributed by atoms with E-state index < -0.39 is 4.92 Å². The highest BCUT2D eigenvalue weighted by Crippen LogP contribution is 2.31. The van der Waals surface area contributed by atoms with Crippen LogP contribution in [-0.4, -0.2) is 41.1 Å². The number of hydrogen-bond acceptors (Lipinski definition) is 6. The van der Waals surface area contributed by atoms with Gasteiger partial charge in [-0.05, 0) is 35.7 Å². The molecule has 0 spiro atoms. The maximum atomic E-state index is 12.4. The molecule has 1 heterocycles. The van der Waals surface area contributed by atoms with Crippen LogP contribution in [0.4, 0.5) is 5.69 Å². The van der Waals surface area contributed by atoms with Crippen molar-refractivity contribution in [3.05, 3.63) is 57.6 Å². The molecule has 1 amide bonds. The molecule has 0 saturated carbocycles. The van der Waals surface area contributed by atoms with Gasteiger partial charge in [0.1, 0.15) is 11.5 Å². The molecule has 0 fully saturated rings. The zero-order valence-corrected chi connectivity index (χ0v) is 14.2. The van der Waals surface area contributed by atoms with Crippen molar-refractivity contribution in [2.45, 2.75) is 13.0 Å². The Morgan fingerprint density at radius 3 is 2.81 bits per heavy atom. The Morgan fingerprint density at radius 1 is 1.27 bits per heavy atom. The first kappa shape index (κ1) is 17.5. The van der Waals surface area contributed by atoms with Gasteiger partial charge in [0.05, 0.1) is 12.0 Å². The molecule has 0 saturated heterocycles. The first-order chi connectivity index (χ1) is 12.5. The van der Waals surface area contributed by atoms with Crippen LogP contribution in [0.1, 0.15) is 11.1 Å². The number of aromatic hydroxyl groups is 1. The Kier molecular flexibility index (Phi) is 4.92. The number of ether oxygens (including phenoxy) is 2. The van der Waals surface area contributed by atoms with Crippen LogP contribution in [0.25, 0.3) is 0 Å². The van der Waals surface area contributed by atoms with Crippen molar-refractivity contribution in [3.63, 3.8) is 0 Å². The Morgan fingerprint density at radius 2 is 2.08 bits per heavy atom. The largest absolute Gasteiger partial charge is 0.508 e. The van der Waals surface area contributed by atoms with Gasteiger partial charge in [-0.15, -0.1) is 0 Å². The van der Waals surface area contributed by atoms with Crippen molar-refractivity contribution >= 4 is 11.6 Å². The molecular formula is C18H18N2O6. The molecule has 1 aliphatic heterocycles. The zero-order valence-electron chi connectivity index (χ0n) is 14.2. The van der Waals surface area contributed by atoms with Gasteiger partial charge in [0.2, 0.25) is 5.75 Å². The first-order valence-electron chi connectivity index (χ1n) is 8.01. The van der Waals surface area contributed by atoms with E-state index in [1.807, 2.05) is 6.07 Å². The predicted octanol–water partition coefficient (Wildman–Crippen LogP) is 2.27. The second-order valence-corrected chi connectivity index (χ2v) is 5.90. The molecule has 1 aliphatic rings. The van der Waals surface area contributed by atoms with Gasteiger partial charge in [0.25, 0.3) is 5.91 Å². The van der Waals surface area contributed by atoms with E-state index in [9.17, 15) is 20.0 Å². The van der Waals surface area contributed by atoms with E-state index >= 15 is 0 Å². The number of carbonyl (C=O) groups is 1. The summed E-state index contributed by atoms with van der Waals surface area (Å²) in [6, 6.07) is 9.26. The smallest absolute Gasteiger partial charge is 0.311 e. The SMILES string of the molecule is COc1cc(OCC(=O)N2CCc3ccc(O)cc3C2)ccc1[N+](=O)[O-]. The topological polar surface area (TPSA) is 102 Å². The summed E-state index contributed by atoms with van der Waals surface area (Å²) in [7, 11) is 1.33. The number of benzene rings is 2. The molecule has 8 nitrogen and oxygen atoms in total. The number of nitro groups is 1. The summed E-state index contributed by atoms with van der Waals surface area (Å²) >= 11 is 0. The van der Waals surface area contributed by atoms with E-state index in [-0.39, 0.29) is 29.7 Å². The van der Waals surface area contributed by atoms with Crippen molar-refractivity contribution < 1.29 is 24.3 Å². The van der Waals surface area contributed by atoms with Gasteiger partial charge < -0.3 is 19.5 Å². The van der Waals surface area contributed by atoms with Crippen LogP contribution in [0.5, 0.6) is 17.2 Å². The lowest BCUT2D eigenvalue weighted by Gasteiger charge is -2.29. The second kappa shape index (κ2) is 7.30. The fraction of sp³-hybridized carbons (Fsp3) is 0.278. The standard InChI is InChI=1S/C18H18N2O6/c1-25-17-9-15(4-5-16(17)20(23)24)26-11-18(22)19-7-6-12-2-3-14(21)8-13(12)10-19/h2-5,8-9,21H,6-7,10-11H2,1H3. The lowest BCUT2D eigenvalue weighted by molar-refractivity contribution is -0.385. The summed E-state index contributed by atoms with van der Waals surface area (Å²) in [6.45, 7) is 0.800. The number of amides is 1. The summed E-state index contributed by atoms with van der Waals surface area (Å²) in [4.78, 5) is 24.4. The molecule has 8 heteroatoms. The van der Waals surface area contributed by atoms with Crippen LogP contribution in [-0.2, 0) is 17.8 Å². The molecular weight excluding hydrogens is 340 g/mol. The number of nitro benzene ring substituents is 1. The summed E-state index contributed by atoms with van der Waals surface area (Å²) < 4.78 is 10.4. The normalized spacial score (nSPS) is 13.0. The van der Waals surface area contributed by atoms with Crippen LogP contribution in [0.2, 0.25) is 0 Å². The van der Waals surface area contributed by atoms with Crippen molar-refractivity contribution in [2.24, 2.45) is 0 Å². The molecule has 0 aromatic heterocycles. The summed E-state index contributed by atoms with van der Waals surface area (Å²) in [5.41, 5.74) is 1.87. The number of hydrogen-bond donors (Lipinski definition) is 1. The number of phenolic OH excluding ortho intramolecular Hbond substituents is 1. The average Bonchev–Trinajstić information content (AvgIpc) is 2.64. The van der Waals surface area contributed by atoms with Crippen LogP contribution in [0.3, 0.4) is 0 Å². The third-order valence-electron chi connectivity index (χ3n) is 4.27. The molecule has 3 rings (SSSR count). The number of nitrogens with zero attached hydrogens (tertiary/aromatic N) is 2. The van der Waals surface area contributed by atoms with Gasteiger partial charge in [0.15, 0.2) is 6.61 Å². The minimum atomic E-state index is -0.547.